The van der Waals surface area contributed by atoms with Gasteiger partial charge in [0.2, 0.25) is 0 Å². The van der Waals surface area contributed by atoms with Crippen molar-refractivity contribution in [3.63, 3.8) is 0 Å². The summed E-state index contributed by atoms with van der Waals surface area (Å²) in [6, 6.07) is 12.1. The number of nitrogens with zero attached hydrogens (tertiary/aromatic N) is 1. The minimum Gasteiger partial charge on any atom is -0.493 e. The molecule has 1 N–H and O–H groups in total. The first kappa shape index (κ1) is 18.9. The number of halogens is 2. The topological polar surface area (TPSA) is 62.1 Å². The van der Waals surface area contributed by atoms with Crippen LogP contribution in [0.4, 0.5) is 5.69 Å². The molecule has 25 heavy (non-hydrogen) atoms. The van der Waals surface area contributed by atoms with Crippen molar-refractivity contribution in [3.05, 3.63) is 63.1 Å². The predicted molar refractivity (Wildman–Crippen MR) is 101 cm³/mol. The molecule has 0 atom stereocenters. The molecule has 2 aromatic carbocycles. The molecule has 128 valence electrons. The Morgan fingerprint density at radius 3 is 2.76 bits per heavy atom. The summed E-state index contributed by atoms with van der Waals surface area (Å²) in [6.07, 6.45) is 1.45. The third-order valence-corrected chi connectivity index (χ3v) is 4.10. The number of hydrogen-bond acceptors (Lipinski definition) is 3. The number of nitrogens with one attached hydrogen (secondary N) is 1. The molecular weight excluding hydrogens is 359 g/mol. The number of hydrogen-bond donors (Lipinski definition) is 1. The molecule has 0 bridgehead atoms. The summed E-state index contributed by atoms with van der Waals surface area (Å²) in [4.78, 5) is 12.4. The van der Waals surface area contributed by atoms with E-state index in [0.29, 0.717) is 33.7 Å². The van der Waals surface area contributed by atoms with E-state index < -0.39 is 5.91 Å². The fraction of sp³-hybridized carbons (Fsp3) is 0.158. The molecule has 0 spiro atoms. The van der Waals surface area contributed by atoms with Gasteiger partial charge in [0.25, 0.3) is 5.91 Å². The molecule has 6 heteroatoms. The van der Waals surface area contributed by atoms with Gasteiger partial charge in [-0.2, -0.15) is 5.26 Å². The minimum absolute atomic E-state index is 0.0670. The zero-order valence-corrected chi connectivity index (χ0v) is 15.3. The smallest absolute Gasteiger partial charge is 0.266 e. The normalized spacial score (nSPS) is 10.9. The molecule has 1 amide bonds. The number of benzene rings is 2. The molecule has 0 aromatic heterocycles. The summed E-state index contributed by atoms with van der Waals surface area (Å²) in [6.45, 7) is 4.10. The average Bonchev–Trinajstić information content (AvgIpc) is 2.59. The summed E-state index contributed by atoms with van der Waals surface area (Å²) in [5, 5.41) is 13.1. The molecule has 0 saturated carbocycles. The molecule has 0 fully saturated rings. The highest BCUT2D eigenvalue weighted by molar-refractivity contribution is 6.32. The Morgan fingerprint density at radius 1 is 1.32 bits per heavy atom. The molecule has 0 unspecified atom stereocenters. The number of amides is 1. The number of rotatable bonds is 5. The van der Waals surface area contributed by atoms with Crippen LogP contribution in [-0.2, 0) is 4.79 Å². The van der Waals surface area contributed by atoms with Gasteiger partial charge in [-0.05, 0) is 55.8 Å². The van der Waals surface area contributed by atoms with Crippen LogP contribution in [0, 0.1) is 18.3 Å². The minimum atomic E-state index is -0.532. The Hall–Kier alpha value is -2.48. The van der Waals surface area contributed by atoms with Crippen LogP contribution in [0.15, 0.2) is 42.0 Å². The van der Waals surface area contributed by atoms with Crippen molar-refractivity contribution < 1.29 is 9.53 Å². The number of ether oxygens (including phenoxy) is 1. The lowest BCUT2D eigenvalue weighted by Gasteiger charge is -2.10. The van der Waals surface area contributed by atoms with Gasteiger partial charge in [0.15, 0.2) is 0 Å². The van der Waals surface area contributed by atoms with Crippen LogP contribution in [0.1, 0.15) is 18.1 Å². The van der Waals surface area contributed by atoms with E-state index in [4.69, 9.17) is 27.9 Å². The van der Waals surface area contributed by atoms with Crippen molar-refractivity contribution in [1.82, 2.24) is 0 Å². The SMILES string of the molecule is CCOc1ccc(Cl)cc1/C=C(\C#N)C(=O)Nc1cccc(Cl)c1C. The van der Waals surface area contributed by atoms with Gasteiger partial charge in [0, 0.05) is 21.3 Å². The Bertz CT molecular complexity index is 870. The lowest BCUT2D eigenvalue weighted by Crippen LogP contribution is -2.14. The first-order valence-electron chi connectivity index (χ1n) is 7.57. The molecule has 0 aliphatic carbocycles. The Morgan fingerprint density at radius 2 is 2.08 bits per heavy atom. The van der Waals surface area contributed by atoms with Crippen molar-refractivity contribution in [3.8, 4) is 11.8 Å². The molecule has 0 saturated heterocycles. The van der Waals surface area contributed by atoms with Crippen LogP contribution in [0.5, 0.6) is 5.75 Å². The number of carbonyl (C=O) groups is 1. The maximum absolute atomic E-state index is 12.4. The average molecular weight is 375 g/mol. The fourth-order valence-corrected chi connectivity index (χ4v) is 2.51. The summed E-state index contributed by atoms with van der Waals surface area (Å²) < 4.78 is 5.51. The first-order chi connectivity index (χ1) is 12.0. The standard InChI is InChI=1S/C19H16Cl2N2O2/c1-3-25-18-8-7-15(20)10-13(18)9-14(11-22)19(24)23-17-6-4-5-16(21)12(17)2/h4-10H,3H2,1-2H3,(H,23,24)/b14-9+. The Labute approximate surface area is 156 Å². The van der Waals surface area contributed by atoms with E-state index in [1.807, 2.05) is 13.0 Å². The number of nitriles is 1. The third-order valence-electron chi connectivity index (χ3n) is 3.45. The lowest BCUT2D eigenvalue weighted by molar-refractivity contribution is -0.112. The van der Waals surface area contributed by atoms with E-state index in [1.54, 1.807) is 43.3 Å². The van der Waals surface area contributed by atoms with Crippen LogP contribution in [0.2, 0.25) is 10.0 Å². The van der Waals surface area contributed by atoms with Gasteiger partial charge >= 0.3 is 0 Å². The summed E-state index contributed by atoms with van der Waals surface area (Å²) in [7, 11) is 0. The third kappa shape index (κ3) is 4.76. The van der Waals surface area contributed by atoms with Crippen molar-refractivity contribution in [2.45, 2.75) is 13.8 Å². The van der Waals surface area contributed by atoms with E-state index in [0.717, 1.165) is 5.56 Å². The highest BCUT2D eigenvalue weighted by Gasteiger charge is 2.13. The van der Waals surface area contributed by atoms with Crippen LogP contribution in [0.25, 0.3) is 6.08 Å². The predicted octanol–water partition coefficient (Wildman–Crippen LogP) is 5.25. The molecule has 2 aromatic rings. The molecular formula is C19H16Cl2N2O2. The second-order valence-corrected chi connectivity index (χ2v) is 6.00. The lowest BCUT2D eigenvalue weighted by atomic mass is 10.1. The van der Waals surface area contributed by atoms with Crippen LogP contribution in [-0.4, -0.2) is 12.5 Å². The van der Waals surface area contributed by atoms with Crippen molar-refractivity contribution >= 4 is 40.9 Å². The van der Waals surface area contributed by atoms with Gasteiger partial charge in [-0.3, -0.25) is 4.79 Å². The van der Waals surface area contributed by atoms with Gasteiger partial charge < -0.3 is 10.1 Å². The second kappa shape index (κ2) is 8.57. The van der Waals surface area contributed by atoms with E-state index in [-0.39, 0.29) is 5.57 Å². The van der Waals surface area contributed by atoms with Crippen molar-refractivity contribution in [2.75, 3.05) is 11.9 Å². The molecule has 0 heterocycles. The first-order valence-corrected chi connectivity index (χ1v) is 8.32. The number of carbonyl (C=O) groups excluding carboxylic acids is 1. The maximum Gasteiger partial charge on any atom is 0.266 e. The second-order valence-electron chi connectivity index (χ2n) is 5.15. The van der Waals surface area contributed by atoms with Gasteiger partial charge in [0.05, 0.1) is 6.61 Å². The van der Waals surface area contributed by atoms with E-state index >= 15 is 0 Å². The van der Waals surface area contributed by atoms with Gasteiger partial charge in [-0.1, -0.05) is 29.3 Å². The number of anilines is 1. The van der Waals surface area contributed by atoms with Crippen LogP contribution >= 0.6 is 23.2 Å². The van der Waals surface area contributed by atoms with Crippen molar-refractivity contribution in [2.24, 2.45) is 0 Å². The van der Waals surface area contributed by atoms with Gasteiger partial charge in [-0.15, -0.1) is 0 Å². The molecule has 0 radical (unpaired) electrons. The largest absolute Gasteiger partial charge is 0.493 e. The summed E-state index contributed by atoms with van der Waals surface area (Å²) in [5.41, 5.74) is 1.77. The molecule has 4 nitrogen and oxygen atoms in total. The monoisotopic (exact) mass is 374 g/mol. The van der Waals surface area contributed by atoms with Crippen LogP contribution in [0.3, 0.4) is 0 Å². The quantitative estimate of drug-likeness (QED) is 0.574. The summed E-state index contributed by atoms with van der Waals surface area (Å²) >= 11 is 12.1. The van der Waals surface area contributed by atoms with E-state index in [9.17, 15) is 10.1 Å². The van der Waals surface area contributed by atoms with Crippen molar-refractivity contribution in [1.29, 1.82) is 5.26 Å². The fourth-order valence-electron chi connectivity index (χ4n) is 2.16. The molecule has 0 aliphatic rings. The zero-order valence-electron chi connectivity index (χ0n) is 13.8. The Balaban J connectivity index is 2.34. The highest BCUT2D eigenvalue weighted by atomic mass is 35.5. The zero-order chi connectivity index (χ0) is 18.4. The molecule has 0 aliphatic heterocycles. The van der Waals surface area contributed by atoms with Crippen LogP contribution < -0.4 is 10.1 Å². The van der Waals surface area contributed by atoms with Gasteiger partial charge in [0.1, 0.15) is 17.4 Å². The van der Waals surface area contributed by atoms with E-state index in [1.165, 1.54) is 6.08 Å². The molecule has 2 rings (SSSR count). The Kier molecular flexibility index (Phi) is 6.46. The van der Waals surface area contributed by atoms with Gasteiger partial charge in [-0.25, -0.2) is 0 Å². The highest BCUT2D eigenvalue weighted by Crippen LogP contribution is 2.26. The maximum atomic E-state index is 12.4. The summed E-state index contributed by atoms with van der Waals surface area (Å²) in [5.74, 6) is 0.0154. The van der Waals surface area contributed by atoms with E-state index in [2.05, 4.69) is 5.32 Å².